The van der Waals surface area contributed by atoms with Crippen LogP contribution < -0.4 is 11.1 Å². The van der Waals surface area contributed by atoms with Crippen LogP contribution in [0.5, 0.6) is 0 Å². The number of nitrogens with one attached hydrogen (secondary N) is 1. The summed E-state index contributed by atoms with van der Waals surface area (Å²) in [6.07, 6.45) is 9.33. The van der Waals surface area contributed by atoms with Gasteiger partial charge >= 0.3 is 0 Å². The second-order valence-corrected chi connectivity index (χ2v) is 7.37. The second-order valence-electron chi connectivity index (χ2n) is 7.37. The van der Waals surface area contributed by atoms with E-state index < -0.39 is 0 Å². The molecule has 0 unspecified atom stereocenters. The number of carbonyl (C=O) groups is 1. The van der Waals surface area contributed by atoms with E-state index in [9.17, 15) is 4.79 Å². The third kappa shape index (κ3) is 5.38. The minimum atomic E-state index is -0.256. The molecule has 0 aliphatic heterocycles. The molecule has 2 aromatic heterocycles. The lowest BCUT2D eigenvalue weighted by molar-refractivity contribution is 0.102. The molecule has 0 radical (unpaired) electrons. The molecule has 1 saturated carbocycles. The first-order valence-corrected chi connectivity index (χ1v) is 9.64. The van der Waals surface area contributed by atoms with Gasteiger partial charge in [0.2, 0.25) is 0 Å². The Bertz CT molecular complexity index is 963. The van der Waals surface area contributed by atoms with Crippen LogP contribution in [0, 0.1) is 6.92 Å². The number of hydrogen-bond donors (Lipinski definition) is 2. The second kappa shape index (κ2) is 10.6. The Morgan fingerprint density at radius 3 is 2.63 bits per heavy atom. The van der Waals surface area contributed by atoms with Crippen molar-refractivity contribution in [3.8, 4) is 0 Å². The normalized spacial score (nSPS) is 18.2. The van der Waals surface area contributed by atoms with Gasteiger partial charge in [-0.2, -0.15) is 0 Å². The minimum absolute atomic E-state index is 0. The molecule has 0 bridgehead atoms. The summed E-state index contributed by atoms with van der Waals surface area (Å²) in [5.41, 5.74) is 8.06. The molecule has 30 heavy (non-hydrogen) atoms. The van der Waals surface area contributed by atoms with Gasteiger partial charge in [-0.3, -0.25) is 4.79 Å². The standard InChI is InChI=1S/C20H25N7O.2ClH/c1-14-22-10-11-26(14)12-15-4-2-3-5-18(15)23-20(28)19-13-27(25-24-19)17-8-6-16(21)7-9-17;;/h2-5,10-11,13,16-17H,6-9,12,21H2,1H3,(H,23,28);2*1H. The molecular weight excluding hydrogens is 425 g/mol. The fraction of sp³-hybridized carbons (Fsp3) is 0.400. The Balaban J connectivity index is 0.00000160. The highest BCUT2D eigenvalue weighted by atomic mass is 35.5. The molecule has 1 aliphatic rings. The van der Waals surface area contributed by atoms with Gasteiger partial charge in [-0.05, 0) is 44.2 Å². The van der Waals surface area contributed by atoms with Crippen molar-refractivity contribution in [2.24, 2.45) is 5.73 Å². The van der Waals surface area contributed by atoms with Crippen molar-refractivity contribution >= 4 is 36.4 Å². The van der Waals surface area contributed by atoms with Crippen LogP contribution in [-0.2, 0) is 6.54 Å². The van der Waals surface area contributed by atoms with Crippen molar-refractivity contribution < 1.29 is 4.79 Å². The van der Waals surface area contributed by atoms with E-state index in [1.54, 1.807) is 12.4 Å². The number of halogens is 2. The zero-order chi connectivity index (χ0) is 19.5. The summed E-state index contributed by atoms with van der Waals surface area (Å²) in [7, 11) is 0. The van der Waals surface area contributed by atoms with E-state index in [0.717, 1.165) is 42.8 Å². The predicted molar refractivity (Wildman–Crippen MR) is 120 cm³/mol. The SMILES string of the molecule is Cc1nccn1Cc1ccccc1NC(=O)c1cn(C2CCC(N)CC2)nn1.Cl.Cl. The molecule has 0 spiro atoms. The van der Waals surface area contributed by atoms with Crippen molar-refractivity contribution in [3.63, 3.8) is 0 Å². The third-order valence-corrected chi connectivity index (χ3v) is 5.39. The van der Waals surface area contributed by atoms with Crippen LogP contribution in [-0.4, -0.2) is 36.5 Å². The lowest BCUT2D eigenvalue weighted by Crippen LogP contribution is -2.28. The quantitative estimate of drug-likeness (QED) is 0.618. The average Bonchev–Trinajstić information content (AvgIpc) is 3.34. The molecule has 8 nitrogen and oxygen atoms in total. The number of para-hydroxylation sites is 1. The van der Waals surface area contributed by atoms with Gasteiger partial charge in [-0.15, -0.1) is 29.9 Å². The van der Waals surface area contributed by atoms with Crippen molar-refractivity contribution in [2.75, 3.05) is 5.32 Å². The number of carbonyl (C=O) groups excluding carboxylic acids is 1. The van der Waals surface area contributed by atoms with E-state index in [1.165, 1.54) is 0 Å². The molecule has 1 aromatic carbocycles. The molecule has 3 N–H and O–H groups in total. The number of benzene rings is 1. The molecule has 1 fully saturated rings. The highest BCUT2D eigenvalue weighted by Gasteiger charge is 2.22. The van der Waals surface area contributed by atoms with Crippen LogP contribution in [0.2, 0.25) is 0 Å². The average molecular weight is 452 g/mol. The van der Waals surface area contributed by atoms with Crippen LogP contribution >= 0.6 is 24.8 Å². The fourth-order valence-corrected chi connectivity index (χ4v) is 3.65. The molecule has 162 valence electrons. The maximum Gasteiger partial charge on any atom is 0.277 e. The molecule has 2 heterocycles. The van der Waals surface area contributed by atoms with Crippen molar-refractivity contribution in [3.05, 3.63) is 59.9 Å². The highest BCUT2D eigenvalue weighted by molar-refractivity contribution is 6.03. The van der Waals surface area contributed by atoms with Gasteiger partial charge in [-0.25, -0.2) is 9.67 Å². The number of imidazole rings is 1. The molecule has 1 amide bonds. The molecule has 3 aromatic rings. The van der Waals surface area contributed by atoms with Crippen LogP contribution in [0.3, 0.4) is 0 Å². The number of nitrogens with zero attached hydrogens (tertiary/aromatic N) is 5. The zero-order valence-corrected chi connectivity index (χ0v) is 18.4. The van der Waals surface area contributed by atoms with Crippen molar-refractivity contribution in [1.82, 2.24) is 24.5 Å². The van der Waals surface area contributed by atoms with Gasteiger partial charge < -0.3 is 15.6 Å². The van der Waals surface area contributed by atoms with E-state index in [2.05, 4.69) is 20.6 Å². The summed E-state index contributed by atoms with van der Waals surface area (Å²) in [5, 5.41) is 11.2. The summed E-state index contributed by atoms with van der Waals surface area (Å²) in [4.78, 5) is 17.0. The van der Waals surface area contributed by atoms with E-state index in [4.69, 9.17) is 5.73 Å². The van der Waals surface area contributed by atoms with Crippen LogP contribution in [0.1, 0.15) is 53.6 Å². The van der Waals surface area contributed by atoms with Gasteiger partial charge in [0.25, 0.3) is 5.91 Å². The summed E-state index contributed by atoms with van der Waals surface area (Å²) in [6, 6.07) is 8.30. The minimum Gasteiger partial charge on any atom is -0.331 e. The first kappa shape index (κ1) is 23.9. The lowest BCUT2D eigenvalue weighted by Gasteiger charge is -2.25. The summed E-state index contributed by atoms with van der Waals surface area (Å²) >= 11 is 0. The summed E-state index contributed by atoms with van der Waals surface area (Å²) in [5.74, 6) is 0.671. The van der Waals surface area contributed by atoms with Crippen LogP contribution in [0.4, 0.5) is 5.69 Å². The monoisotopic (exact) mass is 451 g/mol. The van der Waals surface area contributed by atoms with Gasteiger partial charge in [0.1, 0.15) is 5.82 Å². The van der Waals surface area contributed by atoms with E-state index >= 15 is 0 Å². The fourth-order valence-electron chi connectivity index (χ4n) is 3.65. The molecule has 1 aliphatic carbocycles. The Labute approximate surface area is 188 Å². The van der Waals surface area contributed by atoms with Crippen LogP contribution in [0.25, 0.3) is 0 Å². The first-order valence-electron chi connectivity index (χ1n) is 9.64. The number of rotatable bonds is 5. The number of nitrogens with two attached hydrogens (primary N) is 1. The van der Waals surface area contributed by atoms with E-state index in [1.807, 2.05) is 46.6 Å². The van der Waals surface area contributed by atoms with E-state index in [0.29, 0.717) is 12.2 Å². The number of aryl methyl sites for hydroxylation is 1. The lowest BCUT2D eigenvalue weighted by atomic mass is 9.92. The number of amides is 1. The topological polar surface area (TPSA) is 104 Å². The largest absolute Gasteiger partial charge is 0.331 e. The Morgan fingerprint density at radius 2 is 1.93 bits per heavy atom. The number of hydrogen-bond acceptors (Lipinski definition) is 5. The molecular formula is C20H27Cl2N7O. The molecule has 4 rings (SSSR count). The summed E-state index contributed by atoms with van der Waals surface area (Å²) in [6.45, 7) is 2.59. The Kier molecular flexibility index (Phi) is 8.40. The zero-order valence-electron chi connectivity index (χ0n) is 16.8. The Morgan fingerprint density at radius 1 is 1.20 bits per heavy atom. The van der Waals surface area contributed by atoms with Crippen LogP contribution in [0.15, 0.2) is 42.9 Å². The smallest absolute Gasteiger partial charge is 0.277 e. The number of anilines is 1. The van der Waals surface area contributed by atoms with Gasteiger partial charge in [-0.1, -0.05) is 23.4 Å². The van der Waals surface area contributed by atoms with Gasteiger partial charge in [0.15, 0.2) is 5.69 Å². The maximum absolute atomic E-state index is 12.7. The molecule has 0 saturated heterocycles. The Hall–Kier alpha value is -2.42. The number of aromatic nitrogens is 5. The first-order chi connectivity index (χ1) is 13.6. The predicted octanol–water partition coefficient (Wildman–Crippen LogP) is 3.37. The molecule has 10 heteroatoms. The highest BCUT2D eigenvalue weighted by Crippen LogP contribution is 2.27. The summed E-state index contributed by atoms with van der Waals surface area (Å²) < 4.78 is 3.84. The van der Waals surface area contributed by atoms with Crippen molar-refractivity contribution in [2.45, 2.75) is 51.2 Å². The maximum atomic E-state index is 12.7. The van der Waals surface area contributed by atoms with Crippen molar-refractivity contribution in [1.29, 1.82) is 0 Å². The van der Waals surface area contributed by atoms with Gasteiger partial charge in [0, 0.05) is 24.1 Å². The van der Waals surface area contributed by atoms with Gasteiger partial charge in [0.05, 0.1) is 18.8 Å². The third-order valence-electron chi connectivity index (χ3n) is 5.39. The molecule has 0 atom stereocenters. The van der Waals surface area contributed by atoms with E-state index in [-0.39, 0.29) is 42.8 Å².